The molecule has 0 bridgehead atoms. The lowest BCUT2D eigenvalue weighted by molar-refractivity contribution is 0.333. The van der Waals surface area contributed by atoms with Crippen molar-refractivity contribution >= 4 is 11.3 Å². The van der Waals surface area contributed by atoms with Crippen molar-refractivity contribution in [3.8, 4) is 0 Å². The van der Waals surface area contributed by atoms with Gasteiger partial charge in [0.05, 0.1) is 0 Å². The Morgan fingerprint density at radius 1 is 1.22 bits per heavy atom. The van der Waals surface area contributed by atoms with Gasteiger partial charge in [0.1, 0.15) is 0 Å². The minimum absolute atomic E-state index is 0.428. The predicted molar refractivity (Wildman–Crippen MR) is 83.4 cm³/mol. The summed E-state index contributed by atoms with van der Waals surface area (Å²) in [5.41, 5.74) is 0.428. The van der Waals surface area contributed by atoms with Crippen molar-refractivity contribution in [1.82, 2.24) is 5.32 Å². The van der Waals surface area contributed by atoms with E-state index in [1.807, 2.05) is 11.3 Å². The van der Waals surface area contributed by atoms with Crippen LogP contribution in [0.4, 0.5) is 0 Å². The third-order valence-electron chi connectivity index (χ3n) is 3.20. The van der Waals surface area contributed by atoms with E-state index in [0.29, 0.717) is 11.5 Å². The van der Waals surface area contributed by atoms with Gasteiger partial charge in [-0.15, -0.1) is 11.3 Å². The van der Waals surface area contributed by atoms with E-state index in [1.165, 1.54) is 29.0 Å². The summed E-state index contributed by atoms with van der Waals surface area (Å²) in [5, 5.41) is 3.71. The third-order valence-corrected chi connectivity index (χ3v) is 4.54. The van der Waals surface area contributed by atoms with Gasteiger partial charge in [-0.05, 0) is 49.8 Å². The highest BCUT2D eigenvalue weighted by Gasteiger charge is 2.17. The Hall–Kier alpha value is -0.340. The molecule has 0 aliphatic heterocycles. The SMILES string of the molecule is CCCNC(CCC(C)(C)C)c1ccc(CC)s1. The number of aryl methyl sites for hydroxylation is 1. The highest BCUT2D eigenvalue weighted by molar-refractivity contribution is 7.12. The van der Waals surface area contributed by atoms with E-state index >= 15 is 0 Å². The van der Waals surface area contributed by atoms with Crippen LogP contribution in [0.2, 0.25) is 0 Å². The van der Waals surface area contributed by atoms with Crippen LogP contribution in [0.1, 0.15) is 69.7 Å². The number of rotatable bonds is 7. The summed E-state index contributed by atoms with van der Waals surface area (Å²) in [6, 6.07) is 5.16. The van der Waals surface area contributed by atoms with Crippen molar-refractivity contribution in [3.05, 3.63) is 21.9 Å². The van der Waals surface area contributed by atoms with Gasteiger partial charge in [0.25, 0.3) is 0 Å². The van der Waals surface area contributed by atoms with Crippen LogP contribution in [0.5, 0.6) is 0 Å². The van der Waals surface area contributed by atoms with Crippen LogP contribution in [0.25, 0.3) is 0 Å². The normalized spacial score (nSPS) is 13.8. The Labute approximate surface area is 117 Å². The molecule has 1 aromatic rings. The number of hydrogen-bond donors (Lipinski definition) is 1. The van der Waals surface area contributed by atoms with Gasteiger partial charge in [0.2, 0.25) is 0 Å². The van der Waals surface area contributed by atoms with Gasteiger partial charge in [-0.3, -0.25) is 0 Å². The Balaban J connectivity index is 2.64. The van der Waals surface area contributed by atoms with Crippen molar-refractivity contribution in [2.24, 2.45) is 5.41 Å². The van der Waals surface area contributed by atoms with Crippen LogP contribution in [0.15, 0.2) is 12.1 Å². The van der Waals surface area contributed by atoms with Crippen LogP contribution in [-0.4, -0.2) is 6.54 Å². The van der Waals surface area contributed by atoms with E-state index in [-0.39, 0.29) is 0 Å². The van der Waals surface area contributed by atoms with Gasteiger partial charge in [0, 0.05) is 15.8 Å². The first-order valence-electron chi connectivity index (χ1n) is 7.28. The Kier molecular flexibility index (Phi) is 6.37. The highest BCUT2D eigenvalue weighted by Crippen LogP contribution is 2.31. The minimum Gasteiger partial charge on any atom is -0.309 e. The Morgan fingerprint density at radius 2 is 1.94 bits per heavy atom. The second-order valence-electron chi connectivity index (χ2n) is 6.26. The fraction of sp³-hybridized carbons (Fsp3) is 0.750. The largest absolute Gasteiger partial charge is 0.309 e. The molecule has 18 heavy (non-hydrogen) atoms. The van der Waals surface area contributed by atoms with Gasteiger partial charge in [-0.2, -0.15) is 0 Å². The molecule has 104 valence electrons. The fourth-order valence-electron chi connectivity index (χ4n) is 2.01. The first-order valence-corrected chi connectivity index (χ1v) is 8.10. The van der Waals surface area contributed by atoms with Crippen molar-refractivity contribution in [3.63, 3.8) is 0 Å². The summed E-state index contributed by atoms with van der Waals surface area (Å²) >= 11 is 1.98. The quantitative estimate of drug-likeness (QED) is 0.718. The van der Waals surface area contributed by atoms with E-state index in [9.17, 15) is 0 Å². The molecule has 0 radical (unpaired) electrons. The highest BCUT2D eigenvalue weighted by atomic mass is 32.1. The average molecular weight is 267 g/mol. The zero-order valence-corrected chi connectivity index (χ0v) is 13.5. The van der Waals surface area contributed by atoms with Gasteiger partial charge in [0.15, 0.2) is 0 Å². The Morgan fingerprint density at radius 3 is 2.44 bits per heavy atom. The van der Waals surface area contributed by atoms with E-state index in [4.69, 9.17) is 0 Å². The summed E-state index contributed by atoms with van der Waals surface area (Å²) in [4.78, 5) is 3.02. The molecule has 0 spiro atoms. The van der Waals surface area contributed by atoms with Gasteiger partial charge in [-0.1, -0.05) is 34.6 Å². The van der Waals surface area contributed by atoms with Crippen molar-refractivity contribution in [2.45, 2.75) is 66.3 Å². The summed E-state index contributed by atoms with van der Waals surface area (Å²) in [6.07, 6.45) is 4.88. The summed E-state index contributed by atoms with van der Waals surface area (Å²) in [6.45, 7) is 12.6. The molecule has 2 heteroatoms. The van der Waals surface area contributed by atoms with E-state index < -0.39 is 0 Å². The van der Waals surface area contributed by atoms with E-state index in [1.54, 1.807) is 0 Å². The third kappa shape index (κ3) is 5.53. The van der Waals surface area contributed by atoms with Crippen LogP contribution in [-0.2, 0) is 6.42 Å². The number of hydrogen-bond acceptors (Lipinski definition) is 2. The predicted octanol–water partition coefficient (Wildman–Crippen LogP) is 5.18. The molecule has 0 amide bonds. The van der Waals surface area contributed by atoms with Gasteiger partial charge < -0.3 is 5.32 Å². The second kappa shape index (κ2) is 7.30. The van der Waals surface area contributed by atoms with E-state index in [0.717, 1.165) is 13.0 Å². The molecule has 0 fully saturated rings. The maximum atomic E-state index is 3.71. The molecule has 0 aromatic carbocycles. The molecule has 1 nitrogen and oxygen atoms in total. The average Bonchev–Trinajstić information content (AvgIpc) is 2.76. The summed E-state index contributed by atoms with van der Waals surface area (Å²) in [5.74, 6) is 0. The zero-order valence-electron chi connectivity index (χ0n) is 12.7. The molecule has 0 aliphatic rings. The molecule has 1 heterocycles. The monoisotopic (exact) mass is 267 g/mol. The molecular weight excluding hydrogens is 238 g/mol. The molecule has 1 N–H and O–H groups in total. The van der Waals surface area contributed by atoms with Crippen LogP contribution >= 0.6 is 11.3 Å². The second-order valence-corrected chi connectivity index (χ2v) is 7.46. The first kappa shape index (κ1) is 15.7. The van der Waals surface area contributed by atoms with E-state index in [2.05, 4.69) is 52.1 Å². The maximum absolute atomic E-state index is 3.71. The van der Waals surface area contributed by atoms with Crippen molar-refractivity contribution in [2.75, 3.05) is 6.54 Å². The smallest absolute Gasteiger partial charge is 0.0415 e. The number of nitrogens with one attached hydrogen (secondary N) is 1. The lowest BCUT2D eigenvalue weighted by Gasteiger charge is -2.23. The van der Waals surface area contributed by atoms with Crippen LogP contribution in [0, 0.1) is 5.41 Å². The van der Waals surface area contributed by atoms with Gasteiger partial charge in [-0.25, -0.2) is 0 Å². The van der Waals surface area contributed by atoms with Crippen LogP contribution in [0.3, 0.4) is 0 Å². The number of thiophene rings is 1. The van der Waals surface area contributed by atoms with Crippen molar-refractivity contribution in [1.29, 1.82) is 0 Å². The molecule has 1 rings (SSSR count). The first-order chi connectivity index (χ1) is 8.46. The molecule has 1 atom stereocenters. The topological polar surface area (TPSA) is 12.0 Å². The zero-order chi connectivity index (χ0) is 13.6. The summed E-state index contributed by atoms with van der Waals surface area (Å²) in [7, 11) is 0. The lowest BCUT2D eigenvalue weighted by Crippen LogP contribution is -2.22. The maximum Gasteiger partial charge on any atom is 0.0415 e. The van der Waals surface area contributed by atoms with Gasteiger partial charge >= 0.3 is 0 Å². The Bertz CT molecular complexity index is 335. The molecular formula is C16H29NS. The molecule has 0 saturated carbocycles. The standard InChI is InChI=1S/C16H29NS/c1-6-12-17-14(10-11-16(3,4)5)15-9-8-13(7-2)18-15/h8-9,14,17H,6-7,10-12H2,1-5H3. The molecule has 1 unspecified atom stereocenters. The van der Waals surface area contributed by atoms with Crippen LogP contribution < -0.4 is 5.32 Å². The summed E-state index contributed by atoms with van der Waals surface area (Å²) < 4.78 is 0. The molecule has 0 aliphatic carbocycles. The molecule has 0 saturated heterocycles. The molecule has 1 aromatic heterocycles. The minimum atomic E-state index is 0.428. The fourth-order valence-corrected chi connectivity index (χ4v) is 3.08. The lowest BCUT2D eigenvalue weighted by atomic mass is 9.88. The van der Waals surface area contributed by atoms with Crippen molar-refractivity contribution < 1.29 is 0 Å².